The van der Waals surface area contributed by atoms with Gasteiger partial charge in [0.2, 0.25) is 0 Å². The van der Waals surface area contributed by atoms with Crippen molar-refractivity contribution >= 4 is 0 Å². The number of rotatable bonds is 3. The molecule has 0 bridgehead atoms. The molecule has 0 aliphatic carbocycles. The third-order valence-corrected chi connectivity index (χ3v) is 2.10. The summed E-state index contributed by atoms with van der Waals surface area (Å²) < 4.78 is 0. The van der Waals surface area contributed by atoms with Crippen LogP contribution < -0.4 is 0 Å². The molecule has 0 aromatic rings. The Morgan fingerprint density at radius 1 is 0.800 bits per heavy atom. The van der Waals surface area contributed by atoms with Crippen molar-refractivity contribution in [2.24, 2.45) is 17.8 Å². The Morgan fingerprint density at radius 3 is 1.10 bits per heavy atom. The third-order valence-electron chi connectivity index (χ3n) is 2.10. The van der Waals surface area contributed by atoms with Crippen molar-refractivity contribution in [3.63, 3.8) is 0 Å². The molecule has 1 heteroatoms. The largest absolute Gasteiger partial charge is 0.393 e. The summed E-state index contributed by atoms with van der Waals surface area (Å²) in [6.07, 6.45) is -0.167. The molecule has 0 heterocycles. The van der Waals surface area contributed by atoms with Gasteiger partial charge in [-0.15, -0.1) is 0 Å². The highest BCUT2D eigenvalue weighted by Gasteiger charge is 2.21. The molecule has 0 unspecified atom stereocenters. The lowest BCUT2D eigenvalue weighted by Gasteiger charge is -2.27. The highest BCUT2D eigenvalue weighted by Crippen LogP contribution is 2.23. The van der Waals surface area contributed by atoms with Crippen molar-refractivity contribution in [3.8, 4) is 0 Å². The van der Waals surface area contributed by atoms with Gasteiger partial charge in [-0.3, -0.25) is 0 Å². The zero-order valence-electron chi connectivity index (χ0n) is 7.76. The molecule has 0 radical (unpaired) electrons. The van der Waals surface area contributed by atoms with Crippen LogP contribution >= 0.6 is 0 Å². The second kappa shape index (κ2) is 3.97. The predicted octanol–water partition coefficient (Wildman–Crippen LogP) is 2.30. The summed E-state index contributed by atoms with van der Waals surface area (Å²) in [4.78, 5) is 0. The molecule has 0 saturated heterocycles. The van der Waals surface area contributed by atoms with Crippen molar-refractivity contribution in [3.05, 3.63) is 0 Å². The smallest absolute Gasteiger partial charge is 0.0545 e. The van der Waals surface area contributed by atoms with Crippen molar-refractivity contribution in [2.45, 2.75) is 40.7 Å². The quantitative estimate of drug-likeness (QED) is 0.644. The minimum Gasteiger partial charge on any atom is -0.393 e. The SMILES string of the molecule is CC(C)C(C(C)C)[C@H](C)O. The molecule has 62 valence electrons. The molecule has 0 aromatic heterocycles. The summed E-state index contributed by atoms with van der Waals surface area (Å²) in [5, 5.41) is 9.35. The standard InChI is InChI=1S/C9H20O/c1-6(2)9(7(3)4)8(5)10/h6-10H,1-5H3/t8-/m0/s1. The maximum Gasteiger partial charge on any atom is 0.0545 e. The summed E-state index contributed by atoms with van der Waals surface area (Å²) >= 11 is 0. The first-order chi connectivity index (χ1) is 4.46. The van der Waals surface area contributed by atoms with Crippen LogP contribution in [0, 0.1) is 17.8 Å². The van der Waals surface area contributed by atoms with Crippen molar-refractivity contribution in [2.75, 3.05) is 0 Å². The molecule has 0 rings (SSSR count). The van der Waals surface area contributed by atoms with Crippen LogP contribution in [0.15, 0.2) is 0 Å². The monoisotopic (exact) mass is 144 g/mol. The molecule has 0 aromatic carbocycles. The van der Waals surface area contributed by atoms with Crippen LogP contribution in [-0.4, -0.2) is 11.2 Å². The Morgan fingerprint density at radius 2 is 1.10 bits per heavy atom. The maximum atomic E-state index is 9.35. The van der Waals surface area contributed by atoms with Crippen LogP contribution in [0.1, 0.15) is 34.6 Å². The molecule has 0 aliphatic heterocycles. The summed E-state index contributed by atoms with van der Waals surface area (Å²) in [7, 11) is 0. The van der Waals surface area contributed by atoms with Gasteiger partial charge in [0.1, 0.15) is 0 Å². The maximum absolute atomic E-state index is 9.35. The Balaban J connectivity index is 3.98. The number of hydrogen-bond donors (Lipinski definition) is 1. The Labute approximate surface area is 64.5 Å². The molecule has 0 amide bonds. The van der Waals surface area contributed by atoms with Gasteiger partial charge >= 0.3 is 0 Å². The van der Waals surface area contributed by atoms with Crippen LogP contribution in [0.5, 0.6) is 0 Å². The summed E-state index contributed by atoms with van der Waals surface area (Å²) in [6, 6.07) is 0. The molecule has 0 saturated carbocycles. The normalized spacial score (nSPS) is 15.3. The van der Waals surface area contributed by atoms with E-state index in [0.29, 0.717) is 17.8 Å². The second-order valence-electron chi connectivity index (χ2n) is 3.81. The Bertz CT molecular complexity index is 65.7. The van der Waals surface area contributed by atoms with E-state index in [0.717, 1.165) is 0 Å². The minimum absolute atomic E-state index is 0.167. The molecule has 1 atom stereocenters. The van der Waals surface area contributed by atoms with E-state index < -0.39 is 0 Å². The van der Waals surface area contributed by atoms with Crippen molar-refractivity contribution in [1.29, 1.82) is 0 Å². The van der Waals surface area contributed by atoms with E-state index in [1.807, 2.05) is 6.92 Å². The first-order valence-electron chi connectivity index (χ1n) is 4.14. The topological polar surface area (TPSA) is 20.2 Å². The van der Waals surface area contributed by atoms with Crippen LogP contribution in [0.2, 0.25) is 0 Å². The van der Waals surface area contributed by atoms with Gasteiger partial charge in [0.05, 0.1) is 6.10 Å². The van der Waals surface area contributed by atoms with Crippen molar-refractivity contribution in [1.82, 2.24) is 0 Å². The first-order valence-corrected chi connectivity index (χ1v) is 4.14. The number of hydrogen-bond acceptors (Lipinski definition) is 1. The summed E-state index contributed by atoms with van der Waals surface area (Å²) in [6.45, 7) is 10.5. The fraction of sp³-hybridized carbons (Fsp3) is 1.00. The van der Waals surface area contributed by atoms with Gasteiger partial charge in [-0.2, -0.15) is 0 Å². The van der Waals surface area contributed by atoms with E-state index in [9.17, 15) is 5.11 Å². The zero-order chi connectivity index (χ0) is 8.31. The van der Waals surface area contributed by atoms with Gasteiger partial charge in [0.15, 0.2) is 0 Å². The van der Waals surface area contributed by atoms with Crippen LogP contribution in [0.3, 0.4) is 0 Å². The van der Waals surface area contributed by atoms with Gasteiger partial charge in [-0.25, -0.2) is 0 Å². The van der Waals surface area contributed by atoms with Crippen LogP contribution in [0.25, 0.3) is 0 Å². The molecule has 0 fully saturated rings. The first kappa shape index (κ1) is 9.96. The van der Waals surface area contributed by atoms with Crippen LogP contribution in [0.4, 0.5) is 0 Å². The zero-order valence-corrected chi connectivity index (χ0v) is 7.76. The summed E-state index contributed by atoms with van der Waals surface area (Å²) in [5.41, 5.74) is 0. The number of aliphatic hydroxyl groups is 1. The van der Waals surface area contributed by atoms with E-state index >= 15 is 0 Å². The van der Waals surface area contributed by atoms with E-state index in [2.05, 4.69) is 27.7 Å². The van der Waals surface area contributed by atoms with E-state index in [-0.39, 0.29) is 6.10 Å². The van der Waals surface area contributed by atoms with Gasteiger partial charge in [0, 0.05) is 0 Å². The fourth-order valence-electron chi connectivity index (χ4n) is 1.88. The molecular weight excluding hydrogens is 124 g/mol. The van der Waals surface area contributed by atoms with E-state index in [4.69, 9.17) is 0 Å². The number of aliphatic hydroxyl groups excluding tert-OH is 1. The van der Waals surface area contributed by atoms with E-state index in [1.165, 1.54) is 0 Å². The fourth-order valence-corrected chi connectivity index (χ4v) is 1.88. The lowest BCUT2D eigenvalue weighted by Crippen LogP contribution is -2.27. The second-order valence-corrected chi connectivity index (χ2v) is 3.81. The van der Waals surface area contributed by atoms with E-state index in [1.54, 1.807) is 0 Å². The third kappa shape index (κ3) is 2.70. The molecule has 1 nitrogen and oxygen atoms in total. The van der Waals surface area contributed by atoms with Crippen molar-refractivity contribution < 1.29 is 5.11 Å². The Kier molecular flexibility index (Phi) is 3.95. The lowest BCUT2D eigenvalue weighted by molar-refractivity contribution is 0.0680. The van der Waals surface area contributed by atoms with Gasteiger partial charge in [-0.1, -0.05) is 27.7 Å². The highest BCUT2D eigenvalue weighted by molar-refractivity contribution is 4.71. The molecule has 0 spiro atoms. The molecule has 1 N–H and O–H groups in total. The van der Waals surface area contributed by atoms with Crippen LogP contribution in [-0.2, 0) is 0 Å². The summed E-state index contributed by atoms with van der Waals surface area (Å²) in [5.74, 6) is 1.61. The average Bonchev–Trinajstić information content (AvgIpc) is 1.59. The Hall–Kier alpha value is -0.0400. The molecular formula is C9H20O. The predicted molar refractivity (Wildman–Crippen MR) is 44.8 cm³/mol. The van der Waals surface area contributed by atoms with Gasteiger partial charge < -0.3 is 5.11 Å². The lowest BCUT2D eigenvalue weighted by atomic mass is 9.82. The highest BCUT2D eigenvalue weighted by atomic mass is 16.3. The van der Waals surface area contributed by atoms with Gasteiger partial charge in [-0.05, 0) is 24.7 Å². The average molecular weight is 144 g/mol. The van der Waals surface area contributed by atoms with Gasteiger partial charge in [0.25, 0.3) is 0 Å². The molecule has 10 heavy (non-hydrogen) atoms. The minimum atomic E-state index is -0.167. The molecule has 0 aliphatic rings.